The molecule has 0 fully saturated rings. The fourth-order valence-electron chi connectivity index (χ4n) is 3.70. The molecule has 0 bridgehead atoms. The third kappa shape index (κ3) is 5.04. The Balaban J connectivity index is 1.88. The first-order valence-corrected chi connectivity index (χ1v) is 11.4. The van der Waals surface area contributed by atoms with E-state index in [9.17, 15) is 18.8 Å². The predicted octanol–water partition coefficient (Wildman–Crippen LogP) is 3.03. The number of ether oxygens (including phenoxy) is 2. The predicted molar refractivity (Wildman–Crippen MR) is 129 cm³/mol. The molecule has 0 saturated carbocycles. The van der Waals surface area contributed by atoms with Crippen molar-refractivity contribution in [2.75, 3.05) is 6.61 Å². The number of thiazole rings is 1. The van der Waals surface area contributed by atoms with Crippen LogP contribution in [-0.4, -0.2) is 23.1 Å². The monoisotopic (exact) mass is 492 g/mol. The fourth-order valence-corrected chi connectivity index (χ4v) is 4.75. The lowest BCUT2D eigenvalue weighted by Gasteiger charge is -2.24. The molecule has 0 N–H and O–H groups in total. The van der Waals surface area contributed by atoms with Crippen LogP contribution < -0.4 is 19.6 Å². The summed E-state index contributed by atoms with van der Waals surface area (Å²) in [4.78, 5) is 42.7. The molecule has 3 aromatic rings. The van der Waals surface area contributed by atoms with E-state index in [1.165, 1.54) is 41.0 Å². The Morgan fingerprint density at radius 2 is 1.86 bits per heavy atom. The standard InChI is InChI=1S/C26H21FN2O5S/c1-4-13-33-25(32)22-15(2)28-26-29(23(22)18-7-11-20(12-8-18)34-16(3)30)24(31)21(35-26)14-17-5-9-19(27)10-6-17/h4-12,14,23H,1,13H2,2-3H3/b21-14-. The van der Waals surface area contributed by atoms with Crippen LogP contribution in [0.3, 0.4) is 0 Å². The van der Waals surface area contributed by atoms with Crippen molar-refractivity contribution in [2.45, 2.75) is 19.9 Å². The van der Waals surface area contributed by atoms with Gasteiger partial charge in [0.2, 0.25) is 0 Å². The van der Waals surface area contributed by atoms with Gasteiger partial charge >= 0.3 is 11.9 Å². The van der Waals surface area contributed by atoms with Crippen molar-refractivity contribution < 1.29 is 23.5 Å². The number of benzene rings is 2. The van der Waals surface area contributed by atoms with Crippen LogP contribution in [0.25, 0.3) is 6.08 Å². The Hall–Kier alpha value is -4.11. The van der Waals surface area contributed by atoms with Crippen molar-refractivity contribution in [3.05, 3.63) is 109 Å². The van der Waals surface area contributed by atoms with Crippen LogP contribution in [-0.2, 0) is 14.3 Å². The zero-order chi connectivity index (χ0) is 25.1. The van der Waals surface area contributed by atoms with Gasteiger partial charge in [0, 0.05) is 6.92 Å². The van der Waals surface area contributed by atoms with Crippen LogP contribution in [0.4, 0.5) is 4.39 Å². The molecule has 1 aliphatic heterocycles. The maximum Gasteiger partial charge on any atom is 0.338 e. The summed E-state index contributed by atoms with van der Waals surface area (Å²) in [5.74, 6) is -1.12. The van der Waals surface area contributed by atoms with E-state index in [4.69, 9.17) is 9.47 Å². The molecule has 2 aromatic carbocycles. The topological polar surface area (TPSA) is 87.0 Å². The number of esters is 2. The van der Waals surface area contributed by atoms with Crippen LogP contribution in [0.1, 0.15) is 31.0 Å². The van der Waals surface area contributed by atoms with E-state index in [1.54, 1.807) is 49.4 Å². The number of fused-ring (bicyclic) bond motifs is 1. The fraction of sp³-hybridized carbons (Fsp3) is 0.154. The van der Waals surface area contributed by atoms with Crippen LogP contribution >= 0.6 is 11.3 Å². The molecule has 1 unspecified atom stereocenters. The van der Waals surface area contributed by atoms with Gasteiger partial charge in [-0.1, -0.05) is 48.3 Å². The molecule has 2 heterocycles. The third-order valence-electron chi connectivity index (χ3n) is 5.20. The van der Waals surface area contributed by atoms with Gasteiger partial charge in [0.05, 0.1) is 21.8 Å². The molecule has 0 radical (unpaired) electrons. The summed E-state index contributed by atoms with van der Waals surface area (Å²) in [5, 5.41) is 0. The smallest absolute Gasteiger partial charge is 0.338 e. The summed E-state index contributed by atoms with van der Waals surface area (Å²) in [5.41, 5.74) is 1.54. The summed E-state index contributed by atoms with van der Waals surface area (Å²) in [7, 11) is 0. The van der Waals surface area contributed by atoms with Gasteiger partial charge in [0.1, 0.15) is 18.2 Å². The molecule has 1 aliphatic rings. The summed E-state index contributed by atoms with van der Waals surface area (Å²) in [6.45, 7) is 6.55. The number of carbonyl (C=O) groups excluding carboxylic acids is 2. The molecule has 9 heteroatoms. The second-order valence-electron chi connectivity index (χ2n) is 7.68. The van der Waals surface area contributed by atoms with Crippen molar-refractivity contribution >= 4 is 29.4 Å². The first kappa shape index (κ1) is 24.0. The first-order chi connectivity index (χ1) is 16.8. The largest absolute Gasteiger partial charge is 0.458 e. The molecule has 0 amide bonds. The van der Waals surface area contributed by atoms with Gasteiger partial charge < -0.3 is 9.47 Å². The lowest BCUT2D eigenvalue weighted by Crippen LogP contribution is -2.39. The number of aromatic nitrogens is 1. The molecule has 7 nitrogen and oxygen atoms in total. The molecular weight excluding hydrogens is 471 g/mol. The van der Waals surface area contributed by atoms with E-state index in [0.717, 1.165) is 0 Å². The number of hydrogen-bond donors (Lipinski definition) is 0. The molecule has 0 saturated heterocycles. The highest BCUT2D eigenvalue weighted by Gasteiger charge is 2.33. The highest BCUT2D eigenvalue weighted by atomic mass is 32.1. The summed E-state index contributed by atoms with van der Waals surface area (Å²) in [6.07, 6.45) is 3.10. The Bertz CT molecular complexity index is 1520. The lowest BCUT2D eigenvalue weighted by molar-refractivity contribution is -0.138. The van der Waals surface area contributed by atoms with Crippen LogP contribution in [0.15, 0.2) is 82.2 Å². The molecule has 0 aliphatic carbocycles. The summed E-state index contributed by atoms with van der Waals surface area (Å²) >= 11 is 1.17. The van der Waals surface area contributed by atoms with Crippen molar-refractivity contribution in [3.8, 4) is 5.75 Å². The van der Waals surface area contributed by atoms with Gasteiger partial charge in [-0.3, -0.25) is 14.2 Å². The number of allylic oxidation sites excluding steroid dienone is 1. The van der Waals surface area contributed by atoms with Crippen molar-refractivity contribution in [1.29, 1.82) is 0 Å². The van der Waals surface area contributed by atoms with Gasteiger partial charge in [-0.15, -0.1) is 0 Å². The van der Waals surface area contributed by atoms with Crippen LogP contribution in [0, 0.1) is 5.82 Å². The minimum atomic E-state index is -0.815. The van der Waals surface area contributed by atoms with Crippen molar-refractivity contribution in [1.82, 2.24) is 4.57 Å². The molecule has 4 rings (SSSR count). The number of halogens is 1. The van der Waals surface area contributed by atoms with E-state index in [0.29, 0.717) is 31.9 Å². The maximum absolute atomic E-state index is 13.5. The quantitative estimate of drug-likeness (QED) is 0.300. The van der Waals surface area contributed by atoms with Gasteiger partial charge in [-0.05, 0) is 48.4 Å². The minimum absolute atomic E-state index is 0.00269. The van der Waals surface area contributed by atoms with Gasteiger partial charge in [0.25, 0.3) is 5.56 Å². The normalized spacial score (nSPS) is 15.3. The number of carbonyl (C=O) groups is 2. The van der Waals surface area contributed by atoms with E-state index >= 15 is 0 Å². The second-order valence-corrected chi connectivity index (χ2v) is 8.69. The Labute approximate surface area is 203 Å². The lowest BCUT2D eigenvalue weighted by atomic mass is 9.96. The number of nitrogens with zero attached hydrogens (tertiary/aromatic N) is 2. The molecule has 0 spiro atoms. The zero-order valence-corrected chi connectivity index (χ0v) is 19.8. The average Bonchev–Trinajstić information content (AvgIpc) is 3.12. The van der Waals surface area contributed by atoms with E-state index < -0.39 is 18.0 Å². The van der Waals surface area contributed by atoms with Gasteiger partial charge in [0.15, 0.2) is 4.80 Å². The summed E-state index contributed by atoms with van der Waals surface area (Å²) < 4.78 is 25.5. The number of hydrogen-bond acceptors (Lipinski definition) is 7. The molecule has 35 heavy (non-hydrogen) atoms. The van der Waals surface area contributed by atoms with Crippen LogP contribution in [0.2, 0.25) is 0 Å². The SMILES string of the molecule is C=CCOC(=O)C1=C(C)N=c2s/c(=C\c3ccc(F)cc3)c(=O)n2C1c1ccc(OC(C)=O)cc1. The van der Waals surface area contributed by atoms with Gasteiger partial charge in [-0.25, -0.2) is 14.2 Å². The van der Waals surface area contributed by atoms with Crippen molar-refractivity contribution in [3.63, 3.8) is 0 Å². The zero-order valence-electron chi connectivity index (χ0n) is 19.0. The van der Waals surface area contributed by atoms with E-state index in [1.807, 2.05) is 0 Å². The second kappa shape index (κ2) is 10.0. The molecule has 1 atom stereocenters. The molecule has 1 aromatic heterocycles. The summed E-state index contributed by atoms with van der Waals surface area (Å²) in [6, 6.07) is 11.5. The van der Waals surface area contributed by atoms with Crippen LogP contribution in [0.5, 0.6) is 5.75 Å². The van der Waals surface area contributed by atoms with Gasteiger partial charge in [-0.2, -0.15) is 0 Å². The van der Waals surface area contributed by atoms with Crippen molar-refractivity contribution in [2.24, 2.45) is 4.99 Å². The first-order valence-electron chi connectivity index (χ1n) is 10.6. The molecule has 178 valence electrons. The average molecular weight is 493 g/mol. The Kier molecular flexibility index (Phi) is 6.88. The Morgan fingerprint density at radius 3 is 2.49 bits per heavy atom. The Morgan fingerprint density at radius 1 is 1.17 bits per heavy atom. The van der Waals surface area contributed by atoms with E-state index in [2.05, 4.69) is 11.6 Å². The highest BCUT2D eigenvalue weighted by molar-refractivity contribution is 7.07. The maximum atomic E-state index is 13.5. The highest BCUT2D eigenvalue weighted by Crippen LogP contribution is 2.31. The molecular formula is C26H21FN2O5S. The number of rotatable bonds is 6. The van der Waals surface area contributed by atoms with E-state index in [-0.39, 0.29) is 23.6 Å². The minimum Gasteiger partial charge on any atom is -0.458 e. The third-order valence-corrected chi connectivity index (χ3v) is 6.18.